The molecule has 0 amide bonds. The van der Waals surface area contributed by atoms with Crippen LogP contribution in [-0.4, -0.2) is 9.55 Å². The lowest BCUT2D eigenvalue weighted by Crippen LogP contribution is -1.92. The van der Waals surface area contributed by atoms with Crippen molar-refractivity contribution in [3.63, 3.8) is 0 Å². The summed E-state index contributed by atoms with van der Waals surface area (Å²) in [5.74, 6) is 0.877. The van der Waals surface area contributed by atoms with E-state index in [2.05, 4.69) is 46.0 Å². The number of aromatic nitrogens is 2. The van der Waals surface area contributed by atoms with E-state index in [9.17, 15) is 0 Å². The third-order valence-electron chi connectivity index (χ3n) is 2.65. The summed E-state index contributed by atoms with van der Waals surface area (Å²) in [6.07, 6.45) is 0.320. The fourth-order valence-corrected chi connectivity index (χ4v) is 2.08. The summed E-state index contributed by atoms with van der Waals surface area (Å²) in [6.45, 7) is 2.05. The molecule has 0 N–H and O–H groups in total. The minimum Gasteiger partial charge on any atom is -0.322 e. The zero-order chi connectivity index (χ0) is 12.4. The van der Waals surface area contributed by atoms with Gasteiger partial charge in [-0.2, -0.15) is 5.26 Å². The number of nitriles is 1. The van der Waals surface area contributed by atoms with Gasteiger partial charge in [0.1, 0.15) is 10.4 Å². The van der Waals surface area contributed by atoms with E-state index < -0.39 is 0 Å². The minimum absolute atomic E-state index is 0.320. The Hall–Kier alpha value is -1.60. The standard InChI is InChI=1S/C13H12BrN3/c1-9-3-5-10(6-4-9)13-16-11(7-8-15)12(14)17(13)2/h3-6H,7H2,1-2H3. The van der Waals surface area contributed by atoms with Crippen LogP contribution in [0.1, 0.15) is 11.3 Å². The molecule has 2 rings (SSSR count). The number of benzene rings is 1. The van der Waals surface area contributed by atoms with Crippen molar-refractivity contribution in [3.05, 3.63) is 40.1 Å². The first-order valence-electron chi connectivity index (χ1n) is 5.28. The number of hydrogen-bond donors (Lipinski definition) is 0. The van der Waals surface area contributed by atoms with Crippen LogP contribution in [0.25, 0.3) is 11.4 Å². The van der Waals surface area contributed by atoms with Crippen LogP contribution in [-0.2, 0) is 13.5 Å². The molecule has 0 aliphatic heterocycles. The van der Waals surface area contributed by atoms with Crippen LogP contribution in [0.2, 0.25) is 0 Å². The van der Waals surface area contributed by atoms with Crippen molar-refractivity contribution in [1.29, 1.82) is 5.26 Å². The number of rotatable bonds is 2. The molecule has 0 radical (unpaired) electrons. The number of nitrogens with zero attached hydrogens (tertiary/aromatic N) is 3. The highest BCUT2D eigenvalue weighted by Crippen LogP contribution is 2.25. The Balaban J connectivity index is 2.49. The molecule has 0 saturated carbocycles. The van der Waals surface area contributed by atoms with Crippen molar-refractivity contribution in [2.75, 3.05) is 0 Å². The molecule has 2 aromatic rings. The van der Waals surface area contributed by atoms with Crippen molar-refractivity contribution in [2.45, 2.75) is 13.3 Å². The first kappa shape index (κ1) is 11.9. The average Bonchev–Trinajstić information content (AvgIpc) is 2.59. The third kappa shape index (κ3) is 2.25. The van der Waals surface area contributed by atoms with Gasteiger partial charge in [0.25, 0.3) is 0 Å². The zero-order valence-electron chi connectivity index (χ0n) is 9.74. The summed E-state index contributed by atoms with van der Waals surface area (Å²) in [4.78, 5) is 4.49. The molecule has 1 aromatic heterocycles. The molecular weight excluding hydrogens is 278 g/mol. The topological polar surface area (TPSA) is 41.6 Å². The monoisotopic (exact) mass is 289 g/mol. The maximum Gasteiger partial charge on any atom is 0.140 e. The smallest absolute Gasteiger partial charge is 0.140 e. The predicted molar refractivity (Wildman–Crippen MR) is 70.4 cm³/mol. The summed E-state index contributed by atoms with van der Waals surface area (Å²) < 4.78 is 2.83. The van der Waals surface area contributed by atoms with E-state index in [1.165, 1.54) is 5.56 Å². The lowest BCUT2D eigenvalue weighted by Gasteiger charge is -2.02. The number of halogens is 1. The Morgan fingerprint density at radius 3 is 2.59 bits per heavy atom. The fourth-order valence-electron chi connectivity index (χ4n) is 1.68. The van der Waals surface area contributed by atoms with E-state index in [-0.39, 0.29) is 0 Å². The van der Waals surface area contributed by atoms with Gasteiger partial charge in [-0.25, -0.2) is 4.98 Å². The summed E-state index contributed by atoms with van der Waals surface area (Å²) in [5.41, 5.74) is 3.06. The van der Waals surface area contributed by atoms with Crippen LogP contribution in [0.15, 0.2) is 28.9 Å². The molecule has 1 heterocycles. The molecule has 0 fully saturated rings. The van der Waals surface area contributed by atoms with Gasteiger partial charge in [0, 0.05) is 12.6 Å². The molecule has 0 unspecified atom stereocenters. The van der Waals surface area contributed by atoms with E-state index in [0.29, 0.717) is 6.42 Å². The van der Waals surface area contributed by atoms with E-state index in [0.717, 1.165) is 21.7 Å². The molecule has 17 heavy (non-hydrogen) atoms. The molecule has 0 bridgehead atoms. The molecular formula is C13H12BrN3. The average molecular weight is 290 g/mol. The van der Waals surface area contributed by atoms with Gasteiger partial charge in [0.15, 0.2) is 0 Å². The first-order chi connectivity index (χ1) is 8.13. The highest BCUT2D eigenvalue weighted by atomic mass is 79.9. The molecule has 0 atom stereocenters. The Bertz CT molecular complexity index is 576. The van der Waals surface area contributed by atoms with Gasteiger partial charge >= 0.3 is 0 Å². The fraction of sp³-hybridized carbons (Fsp3) is 0.231. The van der Waals surface area contributed by atoms with Crippen molar-refractivity contribution in [2.24, 2.45) is 7.05 Å². The molecule has 3 nitrogen and oxygen atoms in total. The molecule has 0 aliphatic rings. The second-order valence-electron chi connectivity index (χ2n) is 3.93. The van der Waals surface area contributed by atoms with Crippen molar-refractivity contribution >= 4 is 15.9 Å². The summed E-state index contributed by atoms with van der Waals surface area (Å²) in [7, 11) is 1.94. The highest BCUT2D eigenvalue weighted by Gasteiger charge is 2.13. The normalized spacial score (nSPS) is 10.2. The quantitative estimate of drug-likeness (QED) is 0.852. The van der Waals surface area contributed by atoms with E-state index >= 15 is 0 Å². The van der Waals surface area contributed by atoms with Crippen LogP contribution >= 0.6 is 15.9 Å². The Morgan fingerprint density at radius 1 is 1.35 bits per heavy atom. The van der Waals surface area contributed by atoms with Crippen molar-refractivity contribution in [3.8, 4) is 17.5 Å². The molecule has 1 aromatic carbocycles. The largest absolute Gasteiger partial charge is 0.322 e. The number of aryl methyl sites for hydroxylation is 1. The Labute approximate surface area is 109 Å². The van der Waals surface area contributed by atoms with Gasteiger partial charge in [0.2, 0.25) is 0 Å². The lowest BCUT2D eigenvalue weighted by atomic mass is 10.1. The maximum atomic E-state index is 8.73. The van der Waals surface area contributed by atoms with E-state index in [1.807, 2.05) is 23.7 Å². The Kier molecular flexibility index (Phi) is 3.30. The third-order valence-corrected chi connectivity index (χ3v) is 3.64. The van der Waals surface area contributed by atoms with Crippen LogP contribution in [0.4, 0.5) is 0 Å². The zero-order valence-corrected chi connectivity index (χ0v) is 11.3. The van der Waals surface area contributed by atoms with Gasteiger partial charge in [-0.05, 0) is 22.9 Å². The van der Waals surface area contributed by atoms with Gasteiger partial charge in [-0.15, -0.1) is 0 Å². The Morgan fingerprint density at radius 2 is 2.00 bits per heavy atom. The molecule has 0 spiro atoms. The van der Waals surface area contributed by atoms with Gasteiger partial charge in [-0.1, -0.05) is 29.8 Å². The van der Waals surface area contributed by atoms with Gasteiger partial charge < -0.3 is 4.57 Å². The lowest BCUT2D eigenvalue weighted by molar-refractivity contribution is 0.898. The second kappa shape index (κ2) is 4.72. The minimum atomic E-state index is 0.320. The number of hydrogen-bond acceptors (Lipinski definition) is 2. The van der Waals surface area contributed by atoms with E-state index in [4.69, 9.17) is 5.26 Å². The van der Waals surface area contributed by atoms with Gasteiger partial charge in [0.05, 0.1) is 18.2 Å². The molecule has 0 aliphatic carbocycles. The van der Waals surface area contributed by atoms with Crippen LogP contribution in [0.5, 0.6) is 0 Å². The van der Waals surface area contributed by atoms with Crippen LogP contribution in [0.3, 0.4) is 0 Å². The summed E-state index contributed by atoms with van der Waals surface area (Å²) in [6, 6.07) is 10.3. The van der Waals surface area contributed by atoms with Crippen LogP contribution in [0, 0.1) is 18.3 Å². The maximum absolute atomic E-state index is 8.73. The van der Waals surface area contributed by atoms with Crippen molar-refractivity contribution < 1.29 is 0 Å². The summed E-state index contributed by atoms with van der Waals surface area (Å²) >= 11 is 3.46. The first-order valence-corrected chi connectivity index (χ1v) is 6.08. The molecule has 0 saturated heterocycles. The molecule has 86 valence electrons. The highest BCUT2D eigenvalue weighted by molar-refractivity contribution is 9.10. The van der Waals surface area contributed by atoms with Crippen LogP contribution < -0.4 is 0 Å². The van der Waals surface area contributed by atoms with Gasteiger partial charge in [-0.3, -0.25) is 0 Å². The predicted octanol–water partition coefficient (Wildman–Crippen LogP) is 3.22. The molecule has 4 heteroatoms. The van der Waals surface area contributed by atoms with E-state index in [1.54, 1.807) is 0 Å². The number of imidazole rings is 1. The van der Waals surface area contributed by atoms with Crippen molar-refractivity contribution in [1.82, 2.24) is 9.55 Å². The SMILES string of the molecule is Cc1ccc(-c2nc(CC#N)c(Br)n2C)cc1. The summed E-state index contributed by atoms with van der Waals surface area (Å²) in [5, 5.41) is 8.73. The second-order valence-corrected chi connectivity index (χ2v) is 4.68.